The van der Waals surface area contributed by atoms with E-state index in [0.29, 0.717) is 0 Å². The Morgan fingerprint density at radius 1 is 0.917 bits per heavy atom. The third-order valence-corrected chi connectivity index (χ3v) is 5.30. The van der Waals surface area contributed by atoms with Gasteiger partial charge < -0.3 is 0 Å². The van der Waals surface area contributed by atoms with E-state index < -0.39 is 0 Å². The van der Waals surface area contributed by atoms with Crippen LogP contribution in [0.2, 0.25) is 0 Å². The summed E-state index contributed by atoms with van der Waals surface area (Å²) < 4.78 is 0. The summed E-state index contributed by atoms with van der Waals surface area (Å²) in [4.78, 5) is 2.60. The van der Waals surface area contributed by atoms with Gasteiger partial charge >= 0.3 is 0 Å². The van der Waals surface area contributed by atoms with Crippen molar-refractivity contribution in [2.24, 2.45) is 11.8 Å². The van der Waals surface area contributed by atoms with Crippen LogP contribution in [0.1, 0.15) is 37.8 Å². The van der Waals surface area contributed by atoms with Crippen molar-refractivity contribution in [3.05, 3.63) is 77.9 Å². The van der Waals surface area contributed by atoms with Crippen molar-refractivity contribution < 1.29 is 0 Å². The molecule has 3 rings (SSSR count). The molecule has 0 atom stereocenters. The highest BCUT2D eigenvalue weighted by molar-refractivity contribution is 5.79. The molecule has 0 radical (unpaired) electrons. The van der Waals surface area contributed by atoms with Gasteiger partial charge in [-0.25, -0.2) is 0 Å². The molecule has 0 aromatic heterocycles. The maximum absolute atomic E-state index is 2.60. The molecule has 0 spiro atoms. The van der Waals surface area contributed by atoms with Gasteiger partial charge in [0, 0.05) is 6.54 Å². The number of hydrogen-bond donors (Lipinski definition) is 0. The van der Waals surface area contributed by atoms with Crippen LogP contribution in [-0.2, 0) is 0 Å². The fourth-order valence-corrected chi connectivity index (χ4v) is 3.66. The minimum Gasteiger partial charge on any atom is -0.300 e. The minimum atomic E-state index is 0.826. The molecule has 0 saturated carbocycles. The predicted molar refractivity (Wildman–Crippen MR) is 104 cm³/mol. The topological polar surface area (TPSA) is 3.24 Å². The molecule has 1 aliphatic rings. The van der Waals surface area contributed by atoms with E-state index in [2.05, 4.69) is 85.5 Å². The van der Waals surface area contributed by atoms with E-state index in [9.17, 15) is 0 Å². The van der Waals surface area contributed by atoms with E-state index in [4.69, 9.17) is 0 Å². The molecule has 0 aliphatic carbocycles. The molecule has 1 heterocycles. The van der Waals surface area contributed by atoms with Gasteiger partial charge in [-0.1, -0.05) is 80.6 Å². The van der Waals surface area contributed by atoms with Crippen molar-refractivity contribution in [2.75, 3.05) is 19.6 Å². The van der Waals surface area contributed by atoms with Gasteiger partial charge in [0.05, 0.1) is 0 Å². The van der Waals surface area contributed by atoms with Crippen LogP contribution in [0.4, 0.5) is 0 Å². The summed E-state index contributed by atoms with van der Waals surface area (Å²) in [5, 5.41) is 0. The monoisotopic (exact) mass is 319 g/mol. The molecule has 126 valence electrons. The zero-order valence-corrected chi connectivity index (χ0v) is 15.0. The zero-order chi connectivity index (χ0) is 16.8. The van der Waals surface area contributed by atoms with Crippen LogP contribution in [0, 0.1) is 11.8 Å². The maximum atomic E-state index is 2.60. The van der Waals surface area contributed by atoms with Gasteiger partial charge in [-0.05, 0) is 54.5 Å². The summed E-state index contributed by atoms with van der Waals surface area (Å²) >= 11 is 0. The molecule has 0 N–H and O–H groups in total. The molecule has 0 amide bonds. The van der Waals surface area contributed by atoms with Gasteiger partial charge in [0.2, 0.25) is 0 Å². The van der Waals surface area contributed by atoms with Crippen LogP contribution < -0.4 is 0 Å². The molecular weight excluding hydrogens is 290 g/mol. The highest BCUT2D eigenvalue weighted by Crippen LogP contribution is 2.26. The fraction of sp³-hybridized carbons (Fsp3) is 0.391. The van der Waals surface area contributed by atoms with Crippen LogP contribution in [0.3, 0.4) is 0 Å². The summed E-state index contributed by atoms with van der Waals surface area (Å²) in [5.74, 6) is 1.74. The van der Waals surface area contributed by atoms with E-state index in [1.807, 2.05) is 0 Å². The summed E-state index contributed by atoms with van der Waals surface area (Å²) in [6.45, 7) is 8.24. The molecule has 0 unspecified atom stereocenters. The number of rotatable bonds is 5. The Balaban J connectivity index is 1.74. The first-order valence-corrected chi connectivity index (χ1v) is 9.27. The van der Waals surface area contributed by atoms with Gasteiger partial charge in [-0.2, -0.15) is 0 Å². The van der Waals surface area contributed by atoms with Gasteiger partial charge in [0.15, 0.2) is 0 Å². The fourth-order valence-electron chi connectivity index (χ4n) is 3.66. The normalized spacial score (nSPS) is 16.3. The lowest BCUT2D eigenvalue weighted by Crippen LogP contribution is -2.35. The van der Waals surface area contributed by atoms with Crippen LogP contribution in [0.15, 0.2) is 66.7 Å². The number of piperidine rings is 1. The van der Waals surface area contributed by atoms with Crippen molar-refractivity contribution in [2.45, 2.75) is 26.7 Å². The molecule has 2 aromatic rings. The maximum Gasteiger partial charge on any atom is 0.0172 e. The smallest absolute Gasteiger partial charge is 0.0172 e. The Bertz CT molecular complexity index is 593. The lowest BCUT2D eigenvalue weighted by atomic mass is 9.86. The standard InChI is InChI=1S/C23H29N/c1-19(2)20-13-16-24(17-14-20)18-15-23(21-9-5-3-6-10-21)22-11-7-4-8-12-22/h3-12,15,19-20H,13-14,16-18H2,1-2H3. The molecule has 1 fully saturated rings. The van der Waals surface area contributed by atoms with Gasteiger partial charge in [-0.3, -0.25) is 4.90 Å². The summed E-state index contributed by atoms with van der Waals surface area (Å²) in [6.07, 6.45) is 5.11. The first kappa shape index (κ1) is 17.0. The van der Waals surface area contributed by atoms with Crippen molar-refractivity contribution in [1.82, 2.24) is 4.90 Å². The first-order valence-electron chi connectivity index (χ1n) is 9.27. The molecule has 24 heavy (non-hydrogen) atoms. The van der Waals surface area contributed by atoms with Gasteiger partial charge in [0.25, 0.3) is 0 Å². The highest BCUT2D eigenvalue weighted by atomic mass is 15.1. The number of nitrogens with zero attached hydrogens (tertiary/aromatic N) is 1. The third kappa shape index (κ3) is 4.36. The molecule has 1 aliphatic heterocycles. The Labute approximate surface area is 147 Å². The average Bonchev–Trinajstić information content (AvgIpc) is 2.64. The summed E-state index contributed by atoms with van der Waals surface area (Å²) in [6, 6.07) is 21.5. The van der Waals surface area contributed by atoms with Crippen molar-refractivity contribution in [3.63, 3.8) is 0 Å². The summed E-state index contributed by atoms with van der Waals surface area (Å²) in [5.41, 5.74) is 3.96. The number of likely N-dealkylation sites (tertiary alicyclic amines) is 1. The van der Waals surface area contributed by atoms with E-state index >= 15 is 0 Å². The third-order valence-electron chi connectivity index (χ3n) is 5.30. The second-order valence-electron chi connectivity index (χ2n) is 7.23. The highest BCUT2D eigenvalue weighted by Gasteiger charge is 2.20. The SMILES string of the molecule is CC(C)C1CCN(CC=C(c2ccccc2)c2ccccc2)CC1. The second kappa shape index (κ2) is 8.30. The van der Waals surface area contributed by atoms with Crippen molar-refractivity contribution in [3.8, 4) is 0 Å². The zero-order valence-electron chi connectivity index (χ0n) is 15.0. The number of benzene rings is 2. The molecule has 0 bridgehead atoms. The molecular formula is C23H29N. The molecule has 2 aromatic carbocycles. The largest absolute Gasteiger partial charge is 0.300 e. The lowest BCUT2D eigenvalue weighted by molar-refractivity contribution is 0.171. The molecule has 1 nitrogen and oxygen atoms in total. The first-order chi connectivity index (χ1) is 11.7. The Kier molecular flexibility index (Phi) is 5.87. The Morgan fingerprint density at radius 2 is 1.42 bits per heavy atom. The van der Waals surface area contributed by atoms with Crippen molar-refractivity contribution in [1.29, 1.82) is 0 Å². The van der Waals surface area contributed by atoms with Crippen LogP contribution in [0.5, 0.6) is 0 Å². The van der Waals surface area contributed by atoms with E-state index in [0.717, 1.165) is 18.4 Å². The summed E-state index contributed by atoms with van der Waals surface area (Å²) in [7, 11) is 0. The quantitative estimate of drug-likeness (QED) is 0.704. The lowest BCUT2D eigenvalue weighted by Gasteiger charge is -2.33. The van der Waals surface area contributed by atoms with Crippen LogP contribution in [-0.4, -0.2) is 24.5 Å². The average molecular weight is 319 g/mol. The van der Waals surface area contributed by atoms with E-state index in [-0.39, 0.29) is 0 Å². The van der Waals surface area contributed by atoms with Gasteiger partial charge in [0.1, 0.15) is 0 Å². The molecule has 1 saturated heterocycles. The second-order valence-corrected chi connectivity index (χ2v) is 7.23. The minimum absolute atomic E-state index is 0.826. The number of hydrogen-bond acceptors (Lipinski definition) is 1. The Morgan fingerprint density at radius 3 is 1.88 bits per heavy atom. The Hall–Kier alpha value is -1.86. The molecule has 1 heteroatoms. The van der Waals surface area contributed by atoms with Crippen LogP contribution >= 0.6 is 0 Å². The van der Waals surface area contributed by atoms with E-state index in [1.165, 1.54) is 42.6 Å². The predicted octanol–water partition coefficient (Wildman–Crippen LogP) is 5.49. The van der Waals surface area contributed by atoms with Gasteiger partial charge in [-0.15, -0.1) is 0 Å². The van der Waals surface area contributed by atoms with Crippen molar-refractivity contribution >= 4 is 5.57 Å². The van der Waals surface area contributed by atoms with E-state index in [1.54, 1.807) is 0 Å². The van der Waals surface area contributed by atoms with Crippen LogP contribution in [0.25, 0.3) is 5.57 Å².